The molecular formula is C23H30O2S. The topological polar surface area (TPSA) is 26.3 Å². The number of ether oxygens (including phenoxy) is 1. The molecule has 0 saturated heterocycles. The molecule has 1 aromatic carbocycles. The summed E-state index contributed by atoms with van der Waals surface area (Å²) in [6.07, 6.45) is 7.78. The van der Waals surface area contributed by atoms with Crippen molar-refractivity contribution < 1.29 is 8.95 Å². The quantitative estimate of drug-likeness (QED) is 0.699. The molecule has 3 aliphatic rings. The number of fused-ring (bicyclic) bond motifs is 3. The van der Waals surface area contributed by atoms with Gasteiger partial charge in [-0.3, -0.25) is 4.21 Å². The van der Waals surface area contributed by atoms with Crippen LogP contribution in [0.25, 0.3) is 5.57 Å². The molecule has 4 rings (SSSR count). The predicted octanol–water partition coefficient (Wildman–Crippen LogP) is 5.50. The van der Waals surface area contributed by atoms with Gasteiger partial charge >= 0.3 is 0 Å². The van der Waals surface area contributed by atoms with Crippen LogP contribution in [-0.2, 0) is 17.2 Å². The molecule has 3 aliphatic carbocycles. The van der Waals surface area contributed by atoms with Gasteiger partial charge < -0.3 is 4.74 Å². The summed E-state index contributed by atoms with van der Waals surface area (Å²) in [6.45, 7) is 11.5. The second kappa shape index (κ2) is 6.09. The summed E-state index contributed by atoms with van der Waals surface area (Å²) >= 11 is 0. The van der Waals surface area contributed by atoms with Gasteiger partial charge in [0.05, 0.1) is 17.9 Å². The second-order valence-electron chi connectivity index (χ2n) is 9.00. The number of hydrogen-bond acceptors (Lipinski definition) is 2. The van der Waals surface area contributed by atoms with Gasteiger partial charge in [-0.05, 0) is 77.7 Å². The van der Waals surface area contributed by atoms with E-state index in [0.717, 1.165) is 35.5 Å². The Bertz CT molecular complexity index is 819. The van der Waals surface area contributed by atoms with E-state index in [-0.39, 0.29) is 16.1 Å². The highest BCUT2D eigenvalue weighted by Crippen LogP contribution is 2.67. The van der Waals surface area contributed by atoms with Crippen molar-refractivity contribution in [3.63, 3.8) is 0 Å². The van der Waals surface area contributed by atoms with E-state index in [9.17, 15) is 4.21 Å². The summed E-state index contributed by atoms with van der Waals surface area (Å²) in [7, 11) is 0.670. The lowest BCUT2D eigenvalue weighted by Gasteiger charge is -2.39. The van der Waals surface area contributed by atoms with Crippen molar-refractivity contribution in [3.05, 3.63) is 46.9 Å². The Balaban J connectivity index is 1.64. The monoisotopic (exact) mass is 370 g/mol. The molecule has 2 bridgehead atoms. The lowest BCUT2D eigenvalue weighted by Crippen LogP contribution is -2.38. The van der Waals surface area contributed by atoms with Gasteiger partial charge in [0, 0.05) is 10.2 Å². The molecule has 0 amide bonds. The Kier molecular flexibility index (Phi) is 4.22. The van der Waals surface area contributed by atoms with E-state index < -0.39 is 10.8 Å². The van der Waals surface area contributed by atoms with Crippen LogP contribution in [0, 0.1) is 16.7 Å². The standard InChI is InChI=1S/C23H30O2S/c1-15(19-8-6-7-16-13-18(25-5)9-10-20(16)19)26(24)21-14-17-11-12-23(21,4)22(17,2)3/h8-10,13,17,21H,1,6-7,11-12,14H2,2-5H3/t17-,21-,23-,26?/m0/s1. The summed E-state index contributed by atoms with van der Waals surface area (Å²) in [6, 6.07) is 6.21. The number of allylic oxidation sites excluding steroid dienone is 2. The van der Waals surface area contributed by atoms with Crippen LogP contribution < -0.4 is 4.74 Å². The molecule has 3 heteroatoms. The Morgan fingerprint density at radius 3 is 2.69 bits per heavy atom. The smallest absolute Gasteiger partial charge is 0.119 e. The number of benzene rings is 1. The molecule has 0 aliphatic heterocycles. The Labute approximate surface area is 160 Å². The molecule has 0 heterocycles. The third-order valence-electron chi connectivity index (χ3n) is 7.88. The fourth-order valence-corrected chi connectivity index (χ4v) is 7.70. The van der Waals surface area contributed by atoms with E-state index in [0.29, 0.717) is 5.92 Å². The predicted molar refractivity (Wildman–Crippen MR) is 110 cm³/mol. The highest BCUT2D eigenvalue weighted by Gasteiger charge is 2.63. The number of hydrogen-bond donors (Lipinski definition) is 0. The minimum absolute atomic E-state index is 0.156. The zero-order valence-corrected chi connectivity index (χ0v) is 17.2. The van der Waals surface area contributed by atoms with Crippen LogP contribution in [-0.4, -0.2) is 16.6 Å². The molecule has 2 nitrogen and oxygen atoms in total. The van der Waals surface area contributed by atoms with E-state index in [1.54, 1.807) is 7.11 Å². The van der Waals surface area contributed by atoms with Gasteiger partial charge in [0.2, 0.25) is 0 Å². The van der Waals surface area contributed by atoms with Gasteiger partial charge in [0.25, 0.3) is 0 Å². The Morgan fingerprint density at radius 2 is 2.08 bits per heavy atom. The fraction of sp³-hybridized carbons (Fsp3) is 0.565. The first kappa shape index (κ1) is 18.0. The highest BCUT2D eigenvalue weighted by molar-refractivity contribution is 7.90. The maximum absolute atomic E-state index is 13.6. The van der Waals surface area contributed by atoms with Crippen molar-refractivity contribution in [1.82, 2.24) is 0 Å². The maximum atomic E-state index is 13.6. The third-order valence-corrected chi connectivity index (χ3v) is 9.82. The number of aryl methyl sites for hydroxylation is 1. The van der Waals surface area contributed by atoms with E-state index in [1.165, 1.54) is 24.0 Å². The van der Waals surface area contributed by atoms with Crippen molar-refractivity contribution in [2.24, 2.45) is 16.7 Å². The van der Waals surface area contributed by atoms with Crippen molar-refractivity contribution >= 4 is 16.4 Å². The van der Waals surface area contributed by atoms with Gasteiger partial charge in [-0.25, -0.2) is 0 Å². The molecule has 0 spiro atoms. The number of rotatable bonds is 4. The number of methoxy groups -OCH3 is 1. The summed E-state index contributed by atoms with van der Waals surface area (Å²) < 4.78 is 19.0. The average molecular weight is 371 g/mol. The maximum Gasteiger partial charge on any atom is 0.119 e. The van der Waals surface area contributed by atoms with Crippen LogP contribution in [0.5, 0.6) is 5.75 Å². The van der Waals surface area contributed by atoms with Crippen LogP contribution in [0.4, 0.5) is 0 Å². The highest BCUT2D eigenvalue weighted by atomic mass is 32.2. The van der Waals surface area contributed by atoms with Gasteiger partial charge in [0.1, 0.15) is 5.75 Å². The zero-order chi connectivity index (χ0) is 18.7. The van der Waals surface area contributed by atoms with Crippen LogP contribution >= 0.6 is 0 Å². The molecule has 2 saturated carbocycles. The minimum atomic E-state index is -1.03. The van der Waals surface area contributed by atoms with Gasteiger partial charge in [-0.15, -0.1) is 0 Å². The normalized spacial score (nSPS) is 32.7. The summed E-state index contributed by atoms with van der Waals surface area (Å²) in [5.74, 6) is 1.59. The molecule has 0 N–H and O–H groups in total. The summed E-state index contributed by atoms with van der Waals surface area (Å²) in [4.78, 5) is 0.825. The Morgan fingerprint density at radius 1 is 1.31 bits per heavy atom. The zero-order valence-electron chi connectivity index (χ0n) is 16.4. The average Bonchev–Trinajstić information content (AvgIpc) is 2.99. The lowest BCUT2D eigenvalue weighted by molar-refractivity contribution is 0.155. The molecule has 4 atom stereocenters. The molecule has 0 radical (unpaired) electrons. The molecule has 1 unspecified atom stereocenters. The van der Waals surface area contributed by atoms with Gasteiger partial charge in [-0.2, -0.15) is 0 Å². The molecule has 2 fully saturated rings. The first-order valence-corrected chi connectivity index (χ1v) is 11.0. The van der Waals surface area contributed by atoms with E-state index in [1.807, 2.05) is 6.07 Å². The first-order valence-electron chi connectivity index (χ1n) is 9.77. The molecule has 0 aromatic heterocycles. The van der Waals surface area contributed by atoms with Crippen molar-refractivity contribution in [3.8, 4) is 5.75 Å². The molecule has 1 aromatic rings. The molecule has 140 valence electrons. The van der Waals surface area contributed by atoms with Crippen molar-refractivity contribution in [2.75, 3.05) is 7.11 Å². The molecule has 26 heavy (non-hydrogen) atoms. The van der Waals surface area contributed by atoms with Crippen LogP contribution in [0.2, 0.25) is 0 Å². The third kappa shape index (κ3) is 2.39. The van der Waals surface area contributed by atoms with Crippen LogP contribution in [0.3, 0.4) is 0 Å². The van der Waals surface area contributed by atoms with E-state index in [2.05, 4.69) is 45.6 Å². The lowest BCUT2D eigenvalue weighted by atomic mass is 9.71. The first-order chi connectivity index (χ1) is 12.3. The molecular weight excluding hydrogens is 340 g/mol. The summed E-state index contributed by atoms with van der Waals surface area (Å²) in [5, 5.41) is 0.230. The van der Waals surface area contributed by atoms with E-state index in [4.69, 9.17) is 4.74 Å². The van der Waals surface area contributed by atoms with Crippen LogP contribution in [0.15, 0.2) is 35.8 Å². The summed E-state index contributed by atoms with van der Waals surface area (Å²) in [5.41, 5.74) is 3.99. The van der Waals surface area contributed by atoms with Gasteiger partial charge in [-0.1, -0.05) is 39.5 Å². The largest absolute Gasteiger partial charge is 0.497 e. The Hall–Kier alpha value is -1.35. The SMILES string of the molecule is C=C(C1=CCCc2cc(OC)ccc21)S(=O)[C@H]1C[C@@H]2CC[C@]1(C)C2(C)C. The van der Waals surface area contributed by atoms with Crippen molar-refractivity contribution in [2.45, 2.75) is 58.1 Å². The second-order valence-corrected chi connectivity index (χ2v) is 10.7. The van der Waals surface area contributed by atoms with Gasteiger partial charge in [0.15, 0.2) is 0 Å². The fourth-order valence-electron chi connectivity index (χ4n) is 5.65. The van der Waals surface area contributed by atoms with Crippen molar-refractivity contribution in [1.29, 1.82) is 0 Å². The van der Waals surface area contributed by atoms with E-state index >= 15 is 0 Å². The van der Waals surface area contributed by atoms with Crippen LogP contribution in [0.1, 0.15) is 57.6 Å². The minimum Gasteiger partial charge on any atom is -0.497 e.